The molecule has 1 aromatic heterocycles. The number of hydrogen-bond donors (Lipinski definition) is 0. The minimum Gasteiger partial charge on any atom is -0.294 e. The zero-order chi connectivity index (χ0) is 15.4. The van der Waals surface area contributed by atoms with Gasteiger partial charge in [0.2, 0.25) is 5.78 Å². The number of aromatic nitrogens is 2. The Hall–Kier alpha value is -2.66. The zero-order valence-electron chi connectivity index (χ0n) is 11.6. The minimum absolute atomic E-state index is 0.0737. The number of nitrogens with zero attached hydrogens (tertiary/aromatic N) is 2. The molecule has 3 aromatic rings. The lowest BCUT2D eigenvalue weighted by atomic mass is 10.0. The van der Waals surface area contributed by atoms with Gasteiger partial charge in [-0.25, -0.2) is 0 Å². The average Bonchev–Trinajstić information content (AvgIpc) is 3.04. The Balaban J connectivity index is 1.84. The van der Waals surface area contributed by atoms with Gasteiger partial charge in [-0.2, -0.15) is 8.75 Å². The second-order valence-electron chi connectivity index (χ2n) is 4.72. The van der Waals surface area contributed by atoms with Crippen molar-refractivity contribution in [2.24, 2.45) is 0 Å². The van der Waals surface area contributed by atoms with Gasteiger partial charge >= 0.3 is 0 Å². The van der Waals surface area contributed by atoms with Crippen LogP contribution in [-0.4, -0.2) is 20.3 Å². The smallest absolute Gasteiger partial charge is 0.214 e. The first-order chi connectivity index (χ1) is 10.8. The molecular weight excluding hydrogens is 296 g/mol. The van der Waals surface area contributed by atoms with Crippen LogP contribution < -0.4 is 0 Å². The molecule has 0 amide bonds. The predicted octanol–water partition coefficient (Wildman–Crippen LogP) is 3.19. The van der Waals surface area contributed by atoms with E-state index in [2.05, 4.69) is 8.75 Å². The molecule has 0 fully saturated rings. The lowest BCUT2D eigenvalue weighted by molar-refractivity contribution is 0.0991. The van der Waals surface area contributed by atoms with Gasteiger partial charge in [-0.05, 0) is 0 Å². The highest BCUT2D eigenvalue weighted by atomic mass is 32.1. The number of hydrogen-bond acceptors (Lipinski definition) is 5. The van der Waals surface area contributed by atoms with Gasteiger partial charge in [-0.1, -0.05) is 60.7 Å². The summed E-state index contributed by atoms with van der Waals surface area (Å²) in [6.07, 6.45) is 0.0778. The van der Waals surface area contributed by atoms with E-state index in [1.807, 2.05) is 24.3 Å². The van der Waals surface area contributed by atoms with Crippen LogP contribution in [0, 0.1) is 0 Å². The molecule has 5 heteroatoms. The summed E-state index contributed by atoms with van der Waals surface area (Å²) in [6, 6.07) is 17.9. The molecule has 2 aromatic carbocycles. The number of rotatable bonds is 5. The van der Waals surface area contributed by atoms with Gasteiger partial charge in [0, 0.05) is 11.1 Å². The van der Waals surface area contributed by atoms with Gasteiger partial charge in [-0.15, -0.1) is 0 Å². The molecule has 0 saturated carbocycles. The van der Waals surface area contributed by atoms with E-state index in [-0.39, 0.29) is 23.7 Å². The maximum Gasteiger partial charge on any atom is 0.214 e. The van der Waals surface area contributed by atoms with E-state index in [9.17, 15) is 9.59 Å². The van der Waals surface area contributed by atoms with E-state index in [1.54, 1.807) is 36.4 Å². The molecule has 0 atom stereocenters. The Morgan fingerprint density at radius 2 is 1.41 bits per heavy atom. The van der Waals surface area contributed by atoms with E-state index in [1.165, 1.54) is 0 Å². The van der Waals surface area contributed by atoms with Crippen molar-refractivity contribution in [3.05, 3.63) is 83.2 Å². The highest BCUT2D eigenvalue weighted by Crippen LogP contribution is 2.15. The molecule has 0 radical (unpaired) electrons. The fraction of sp³-hybridized carbons (Fsp3) is 0.0588. The highest BCUT2D eigenvalue weighted by Gasteiger charge is 2.20. The van der Waals surface area contributed by atoms with Crippen LogP contribution in [0.4, 0.5) is 0 Å². The summed E-state index contributed by atoms with van der Waals surface area (Å²) in [7, 11) is 0. The molecule has 0 unspecified atom stereocenters. The minimum atomic E-state index is -0.204. The van der Waals surface area contributed by atoms with Crippen molar-refractivity contribution in [3.8, 4) is 0 Å². The van der Waals surface area contributed by atoms with Crippen molar-refractivity contribution in [1.29, 1.82) is 0 Å². The van der Waals surface area contributed by atoms with Gasteiger partial charge in [0.05, 0.1) is 23.8 Å². The Kier molecular flexibility index (Phi) is 4.16. The normalized spacial score (nSPS) is 10.4. The van der Waals surface area contributed by atoms with E-state index in [4.69, 9.17) is 0 Å². The topological polar surface area (TPSA) is 59.9 Å². The summed E-state index contributed by atoms with van der Waals surface area (Å²) >= 11 is 0.953. The third-order valence-electron chi connectivity index (χ3n) is 3.23. The van der Waals surface area contributed by atoms with Crippen molar-refractivity contribution in [2.45, 2.75) is 6.42 Å². The maximum atomic E-state index is 12.4. The lowest BCUT2D eigenvalue weighted by Gasteiger charge is -2.01. The molecule has 0 aliphatic heterocycles. The van der Waals surface area contributed by atoms with Crippen molar-refractivity contribution < 1.29 is 9.59 Å². The number of benzene rings is 2. The Bertz CT molecular complexity index is 798. The maximum absolute atomic E-state index is 12.4. The fourth-order valence-electron chi connectivity index (χ4n) is 2.10. The van der Waals surface area contributed by atoms with Crippen molar-refractivity contribution in [1.82, 2.24) is 8.75 Å². The monoisotopic (exact) mass is 308 g/mol. The Morgan fingerprint density at radius 3 is 2.05 bits per heavy atom. The second kappa shape index (κ2) is 6.41. The summed E-state index contributed by atoms with van der Waals surface area (Å²) in [6.45, 7) is 0. The molecule has 108 valence electrons. The highest BCUT2D eigenvalue weighted by molar-refractivity contribution is 6.99. The van der Waals surface area contributed by atoms with Crippen molar-refractivity contribution in [2.75, 3.05) is 0 Å². The van der Waals surface area contributed by atoms with Crippen LogP contribution in [0.3, 0.4) is 0 Å². The van der Waals surface area contributed by atoms with Crippen LogP contribution >= 0.6 is 11.7 Å². The summed E-state index contributed by atoms with van der Waals surface area (Å²) in [5, 5.41) is 0. The van der Waals surface area contributed by atoms with Crippen molar-refractivity contribution in [3.63, 3.8) is 0 Å². The van der Waals surface area contributed by atoms with Gasteiger partial charge in [0.1, 0.15) is 5.69 Å². The van der Waals surface area contributed by atoms with Gasteiger partial charge in [0.25, 0.3) is 0 Å². The van der Waals surface area contributed by atoms with Crippen LogP contribution in [0.15, 0.2) is 60.7 Å². The lowest BCUT2D eigenvalue weighted by Crippen LogP contribution is -2.10. The third-order valence-corrected chi connectivity index (χ3v) is 3.80. The van der Waals surface area contributed by atoms with E-state index >= 15 is 0 Å². The molecule has 1 heterocycles. The Morgan fingerprint density at radius 1 is 0.818 bits per heavy atom. The molecule has 0 N–H and O–H groups in total. The number of carbonyl (C=O) groups is 2. The summed E-state index contributed by atoms with van der Waals surface area (Å²) in [4.78, 5) is 24.7. The largest absolute Gasteiger partial charge is 0.294 e. The van der Waals surface area contributed by atoms with Gasteiger partial charge in [0.15, 0.2) is 5.78 Å². The molecule has 0 saturated heterocycles. The van der Waals surface area contributed by atoms with Crippen LogP contribution in [0.1, 0.15) is 32.1 Å². The number of Topliss-reactive ketones (excluding diaryl/α,β-unsaturated/α-hetero) is 1. The zero-order valence-corrected chi connectivity index (χ0v) is 12.4. The van der Waals surface area contributed by atoms with Crippen LogP contribution in [0.25, 0.3) is 0 Å². The molecule has 22 heavy (non-hydrogen) atoms. The summed E-state index contributed by atoms with van der Waals surface area (Å²) < 4.78 is 8.19. The van der Waals surface area contributed by atoms with Crippen LogP contribution in [0.2, 0.25) is 0 Å². The molecule has 4 nitrogen and oxygen atoms in total. The molecule has 3 rings (SSSR count). The Labute approximate surface area is 131 Å². The molecule has 0 bridgehead atoms. The SMILES string of the molecule is O=C(Cc1nsnc1C(=O)c1ccccc1)c1ccccc1. The first-order valence-electron chi connectivity index (χ1n) is 6.75. The molecular formula is C17H12N2O2S. The number of carbonyl (C=O) groups excluding carboxylic acids is 2. The summed E-state index contributed by atoms with van der Waals surface area (Å²) in [5.41, 5.74) is 1.85. The van der Waals surface area contributed by atoms with Crippen LogP contribution in [-0.2, 0) is 6.42 Å². The first kappa shape index (κ1) is 14.3. The van der Waals surface area contributed by atoms with Gasteiger partial charge in [-0.3, -0.25) is 9.59 Å². The second-order valence-corrected chi connectivity index (χ2v) is 5.25. The van der Waals surface area contributed by atoms with Gasteiger partial charge < -0.3 is 0 Å². The van der Waals surface area contributed by atoms with E-state index in [0.717, 1.165) is 11.7 Å². The fourth-order valence-corrected chi connectivity index (χ4v) is 2.66. The summed E-state index contributed by atoms with van der Waals surface area (Å²) in [5.74, 6) is -0.277. The predicted molar refractivity (Wildman–Crippen MR) is 84.3 cm³/mol. The quantitative estimate of drug-likeness (QED) is 0.679. The van der Waals surface area contributed by atoms with E-state index in [0.29, 0.717) is 16.8 Å². The number of ketones is 2. The van der Waals surface area contributed by atoms with E-state index < -0.39 is 0 Å². The van der Waals surface area contributed by atoms with Crippen LogP contribution in [0.5, 0.6) is 0 Å². The first-order valence-corrected chi connectivity index (χ1v) is 7.48. The standard InChI is InChI=1S/C17H12N2O2S/c20-15(12-7-3-1-4-8-12)11-14-16(19-22-18-14)17(21)13-9-5-2-6-10-13/h1-10H,11H2. The molecule has 0 aliphatic carbocycles. The molecule has 0 spiro atoms. The molecule has 0 aliphatic rings. The average molecular weight is 308 g/mol. The van der Waals surface area contributed by atoms with Crippen molar-refractivity contribution >= 4 is 23.3 Å². The third kappa shape index (κ3) is 2.99.